The van der Waals surface area contributed by atoms with Crippen LogP contribution in [0.3, 0.4) is 0 Å². The van der Waals surface area contributed by atoms with Crippen LogP contribution < -0.4 is 5.46 Å². The molecule has 2 saturated heterocycles. The zero-order valence-corrected chi connectivity index (χ0v) is 20.4. The van der Waals surface area contributed by atoms with E-state index in [-0.39, 0.29) is 24.4 Å². The molecule has 0 spiro atoms. The van der Waals surface area contributed by atoms with Gasteiger partial charge < -0.3 is 18.9 Å². The van der Waals surface area contributed by atoms with Crippen molar-refractivity contribution in [1.29, 1.82) is 0 Å². The summed E-state index contributed by atoms with van der Waals surface area (Å²) in [4.78, 5) is 18.7. The van der Waals surface area contributed by atoms with Crippen molar-refractivity contribution in [1.82, 2.24) is 9.88 Å². The second-order valence-corrected chi connectivity index (χ2v) is 11.0. The van der Waals surface area contributed by atoms with Crippen LogP contribution in [0.2, 0.25) is 0 Å². The van der Waals surface area contributed by atoms with Gasteiger partial charge in [-0.2, -0.15) is 0 Å². The van der Waals surface area contributed by atoms with E-state index in [0.29, 0.717) is 19.0 Å². The molecular formula is C25H35BN2O4. The Hall–Kier alpha value is -2.12. The molecule has 0 aliphatic carbocycles. The average Bonchev–Trinajstić information content (AvgIpc) is 2.93. The Morgan fingerprint density at radius 2 is 1.72 bits per heavy atom. The van der Waals surface area contributed by atoms with Gasteiger partial charge in [-0.1, -0.05) is 18.2 Å². The summed E-state index contributed by atoms with van der Waals surface area (Å²) >= 11 is 0. The van der Waals surface area contributed by atoms with Gasteiger partial charge in [-0.25, -0.2) is 4.79 Å². The predicted octanol–water partition coefficient (Wildman–Crippen LogP) is 4.65. The Balaban J connectivity index is 1.54. The molecule has 3 heterocycles. The van der Waals surface area contributed by atoms with Gasteiger partial charge in [0.1, 0.15) is 5.60 Å². The van der Waals surface area contributed by atoms with Crippen LogP contribution in [0.5, 0.6) is 0 Å². The highest BCUT2D eigenvalue weighted by atomic mass is 16.7. The molecule has 1 amide bonds. The quantitative estimate of drug-likeness (QED) is 0.639. The standard InChI is InChI=1S/C25H35BN2O4/c1-23(2,3)30-22(29)28-12-10-17(11-13-28)21-16-27-15-18-8-9-19(14-20(18)21)26-31-24(4,5)25(6,7)32-26/h8-9,14-17H,10-13H2,1-7H3. The van der Waals surface area contributed by atoms with Crippen molar-refractivity contribution < 1.29 is 18.8 Å². The van der Waals surface area contributed by atoms with E-state index in [4.69, 9.17) is 14.0 Å². The minimum atomic E-state index is -0.475. The fourth-order valence-corrected chi connectivity index (χ4v) is 4.35. The molecule has 0 saturated carbocycles. The molecule has 7 heteroatoms. The van der Waals surface area contributed by atoms with Crippen LogP contribution in [0, 0.1) is 0 Å². The Morgan fingerprint density at radius 3 is 2.31 bits per heavy atom. The van der Waals surface area contributed by atoms with Gasteiger partial charge >= 0.3 is 13.2 Å². The fraction of sp³-hybridized carbons (Fsp3) is 0.600. The molecule has 0 radical (unpaired) electrons. The van der Waals surface area contributed by atoms with Gasteiger partial charge in [-0.3, -0.25) is 4.98 Å². The van der Waals surface area contributed by atoms with Crippen molar-refractivity contribution in [2.45, 2.75) is 84.0 Å². The summed E-state index contributed by atoms with van der Waals surface area (Å²) in [5.41, 5.74) is 1.03. The maximum atomic E-state index is 12.4. The first-order chi connectivity index (χ1) is 14.9. The molecule has 0 atom stereocenters. The number of carbonyl (C=O) groups excluding carboxylic acids is 1. The highest BCUT2D eigenvalue weighted by Gasteiger charge is 2.51. The van der Waals surface area contributed by atoms with Gasteiger partial charge in [0, 0.05) is 30.9 Å². The van der Waals surface area contributed by atoms with E-state index in [1.54, 1.807) is 0 Å². The van der Waals surface area contributed by atoms with Gasteiger partial charge in [0.05, 0.1) is 11.2 Å². The number of likely N-dealkylation sites (tertiary alicyclic amines) is 1. The van der Waals surface area contributed by atoms with Crippen LogP contribution in [0.25, 0.3) is 10.8 Å². The summed E-state index contributed by atoms with van der Waals surface area (Å²) in [7, 11) is -0.389. The predicted molar refractivity (Wildman–Crippen MR) is 127 cm³/mol. The number of hydrogen-bond donors (Lipinski definition) is 0. The first-order valence-corrected chi connectivity index (χ1v) is 11.6. The van der Waals surface area contributed by atoms with Crippen molar-refractivity contribution in [3.05, 3.63) is 36.2 Å². The SMILES string of the molecule is CC(C)(C)OC(=O)N1CCC(c2cncc3ccc(B4OC(C)(C)C(C)(C)O4)cc23)CC1. The van der Waals surface area contributed by atoms with E-state index in [9.17, 15) is 4.79 Å². The maximum Gasteiger partial charge on any atom is 0.494 e. The normalized spacial score (nSPS) is 21.2. The molecule has 32 heavy (non-hydrogen) atoms. The van der Waals surface area contributed by atoms with E-state index < -0.39 is 5.60 Å². The third kappa shape index (κ3) is 4.51. The molecular weight excluding hydrogens is 403 g/mol. The van der Waals surface area contributed by atoms with Crippen molar-refractivity contribution in [3.8, 4) is 0 Å². The molecule has 2 aromatic rings. The zero-order chi connectivity index (χ0) is 23.3. The molecule has 0 bridgehead atoms. The van der Waals surface area contributed by atoms with E-state index in [0.717, 1.165) is 23.7 Å². The van der Waals surface area contributed by atoms with Crippen molar-refractivity contribution in [2.24, 2.45) is 0 Å². The van der Waals surface area contributed by atoms with Gasteiger partial charge in [0.25, 0.3) is 0 Å². The maximum absolute atomic E-state index is 12.4. The first-order valence-electron chi connectivity index (χ1n) is 11.6. The summed E-state index contributed by atoms with van der Waals surface area (Å²) in [6.45, 7) is 15.4. The minimum absolute atomic E-state index is 0.227. The Morgan fingerprint density at radius 1 is 1.09 bits per heavy atom. The molecule has 2 aliphatic rings. The summed E-state index contributed by atoms with van der Waals surface area (Å²) in [6.07, 6.45) is 5.43. The van der Waals surface area contributed by atoms with Gasteiger partial charge in [-0.05, 0) is 83.6 Å². The Kier molecular flexibility index (Phi) is 5.79. The summed E-state index contributed by atoms with van der Waals surface area (Å²) < 4.78 is 18.1. The number of amides is 1. The lowest BCUT2D eigenvalue weighted by molar-refractivity contribution is 0.00578. The van der Waals surface area contributed by atoms with Crippen LogP contribution in [0.4, 0.5) is 4.79 Å². The number of fused-ring (bicyclic) bond motifs is 1. The number of benzene rings is 1. The number of ether oxygens (including phenoxy) is 1. The fourth-order valence-electron chi connectivity index (χ4n) is 4.35. The number of pyridine rings is 1. The smallest absolute Gasteiger partial charge is 0.444 e. The van der Waals surface area contributed by atoms with E-state index in [1.165, 1.54) is 10.9 Å². The molecule has 2 fully saturated rings. The highest BCUT2D eigenvalue weighted by molar-refractivity contribution is 6.62. The van der Waals surface area contributed by atoms with Crippen LogP contribution in [0.1, 0.15) is 72.8 Å². The van der Waals surface area contributed by atoms with Crippen LogP contribution in [-0.2, 0) is 14.0 Å². The van der Waals surface area contributed by atoms with Crippen LogP contribution >= 0.6 is 0 Å². The van der Waals surface area contributed by atoms with Gasteiger partial charge in [0.2, 0.25) is 0 Å². The van der Waals surface area contributed by atoms with E-state index in [1.807, 2.05) is 38.1 Å². The van der Waals surface area contributed by atoms with Gasteiger partial charge in [-0.15, -0.1) is 0 Å². The van der Waals surface area contributed by atoms with E-state index >= 15 is 0 Å². The number of nitrogens with zero attached hydrogens (tertiary/aromatic N) is 2. The third-order valence-corrected chi connectivity index (χ3v) is 6.93. The molecule has 0 N–H and O–H groups in total. The molecule has 4 rings (SSSR count). The molecule has 1 aromatic heterocycles. The number of piperidine rings is 1. The lowest BCUT2D eigenvalue weighted by atomic mass is 9.77. The molecule has 6 nitrogen and oxygen atoms in total. The Bertz CT molecular complexity index is 991. The number of carbonyl (C=O) groups is 1. The molecule has 0 unspecified atom stereocenters. The minimum Gasteiger partial charge on any atom is -0.444 e. The number of aromatic nitrogens is 1. The zero-order valence-electron chi connectivity index (χ0n) is 20.4. The van der Waals surface area contributed by atoms with Crippen molar-refractivity contribution in [2.75, 3.05) is 13.1 Å². The third-order valence-electron chi connectivity index (χ3n) is 6.93. The average molecular weight is 438 g/mol. The van der Waals surface area contributed by atoms with E-state index in [2.05, 4.69) is 50.9 Å². The molecule has 2 aliphatic heterocycles. The second-order valence-electron chi connectivity index (χ2n) is 11.0. The summed E-state index contributed by atoms with van der Waals surface area (Å²) in [5, 5.41) is 2.29. The highest BCUT2D eigenvalue weighted by Crippen LogP contribution is 2.37. The Labute approximate surface area is 191 Å². The lowest BCUT2D eigenvalue weighted by Crippen LogP contribution is -2.41. The monoisotopic (exact) mass is 438 g/mol. The summed E-state index contributed by atoms with van der Waals surface area (Å²) in [5.74, 6) is 0.346. The number of rotatable bonds is 2. The molecule has 1 aromatic carbocycles. The largest absolute Gasteiger partial charge is 0.494 e. The first kappa shape index (κ1) is 23.1. The number of hydrogen-bond acceptors (Lipinski definition) is 5. The topological polar surface area (TPSA) is 60.9 Å². The lowest BCUT2D eigenvalue weighted by Gasteiger charge is -2.33. The molecule has 172 valence electrons. The van der Waals surface area contributed by atoms with Crippen LogP contribution in [-0.4, -0.2) is 53.0 Å². The van der Waals surface area contributed by atoms with Crippen molar-refractivity contribution >= 4 is 29.4 Å². The van der Waals surface area contributed by atoms with Gasteiger partial charge in [0.15, 0.2) is 0 Å². The van der Waals surface area contributed by atoms with Crippen LogP contribution in [0.15, 0.2) is 30.6 Å². The summed E-state index contributed by atoms with van der Waals surface area (Å²) in [6, 6.07) is 6.36. The second kappa shape index (κ2) is 8.03. The van der Waals surface area contributed by atoms with Crippen molar-refractivity contribution in [3.63, 3.8) is 0 Å².